The van der Waals surface area contributed by atoms with E-state index in [1.54, 1.807) is 0 Å². The summed E-state index contributed by atoms with van der Waals surface area (Å²) in [6.07, 6.45) is 1.40. The average molecular weight is 424 g/mol. The highest BCUT2D eigenvalue weighted by molar-refractivity contribution is 8.18. The van der Waals surface area contributed by atoms with Crippen LogP contribution in [-0.2, 0) is 4.79 Å². The van der Waals surface area contributed by atoms with Gasteiger partial charge in [-0.3, -0.25) is 14.5 Å². The zero-order valence-corrected chi connectivity index (χ0v) is 16.6. The van der Waals surface area contributed by atoms with Crippen LogP contribution in [0.4, 0.5) is 4.79 Å². The van der Waals surface area contributed by atoms with Gasteiger partial charge in [-0.05, 0) is 54.6 Å². The zero-order chi connectivity index (χ0) is 19.6. The van der Waals surface area contributed by atoms with Gasteiger partial charge in [-0.25, -0.2) is 0 Å². The number of carbonyl (C=O) groups is 2. The van der Waals surface area contributed by atoms with E-state index in [0.717, 1.165) is 22.2 Å². The van der Waals surface area contributed by atoms with Crippen LogP contribution in [-0.4, -0.2) is 34.3 Å². The van der Waals surface area contributed by atoms with E-state index in [0.29, 0.717) is 10.8 Å². The van der Waals surface area contributed by atoms with Crippen LogP contribution in [0, 0.1) is 6.92 Å². The first-order valence-electron chi connectivity index (χ1n) is 7.98. The Labute approximate surface area is 170 Å². The summed E-state index contributed by atoms with van der Waals surface area (Å²) < 4.78 is 5.60. The van der Waals surface area contributed by atoms with E-state index in [-0.39, 0.29) is 34.4 Å². The van der Waals surface area contributed by atoms with Crippen LogP contribution in [0.25, 0.3) is 6.08 Å². The van der Waals surface area contributed by atoms with Crippen molar-refractivity contribution in [3.05, 3.63) is 62.5 Å². The molecule has 1 fully saturated rings. The highest BCUT2D eigenvalue weighted by Gasteiger charge is 2.35. The zero-order valence-electron chi connectivity index (χ0n) is 14.2. The fraction of sp³-hybridized carbons (Fsp3) is 0.158. The second kappa shape index (κ2) is 8.25. The summed E-state index contributed by atoms with van der Waals surface area (Å²) in [7, 11) is 0. The van der Waals surface area contributed by atoms with E-state index in [9.17, 15) is 14.7 Å². The Morgan fingerprint density at radius 1 is 1.22 bits per heavy atom. The number of rotatable bonds is 5. The Hall–Kier alpha value is -2.15. The summed E-state index contributed by atoms with van der Waals surface area (Å²) in [5.41, 5.74) is 1.33. The van der Waals surface area contributed by atoms with Gasteiger partial charge in [0.15, 0.2) is 0 Å². The molecule has 0 atom stereocenters. The van der Waals surface area contributed by atoms with Crippen molar-refractivity contribution >= 4 is 52.2 Å². The quantitative estimate of drug-likeness (QED) is 0.675. The summed E-state index contributed by atoms with van der Waals surface area (Å²) in [5.74, 6) is 0.0278. The molecule has 2 aromatic rings. The van der Waals surface area contributed by atoms with Gasteiger partial charge in [-0.15, -0.1) is 0 Å². The van der Waals surface area contributed by atoms with Crippen LogP contribution in [0.2, 0.25) is 10.0 Å². The smallest absolute Gasteiger partial charge is 0.293 e. The first kappa shape index (κ1) is 19.6. The molecular formula is C19H15Cl2NO4S. The number of amides is 2. The van der Waals surface area contributed by atoms with E-state index < -0.39 is 11.1 Å². The Bertz CT molecular complexity index is 945. The molecular weight excluding hydrogens is 409 g/mol. The summed E-state index contributed by atoms with van der Waals surface area (Å²) >= 11 is 12.6. The lowest BCUT2D eigenvalue weighted by molar-refractivity contribution is -0.123. The highest BCUT2D eigenvalue weighted by atomic mass is 35.5. The van der Waals surface area contributed by atoms with Crippen molar-refractivity contribution in [1.82, 2.24) is 4.90 Å². The molecule has 1 aliphatic heterocycles. The van der Waals surface area contributed by atoms with E-state index >= 15 is 0 Å². The minimum absolute atomic E-state index is 0.0690. The molecule has 0 spiro atoms. The van der Waals surface area contributed by atoms with Crippen LogP contribution < -0.4 is 4.74 Å². The molecule has 0 saturated carbocycles. The maximum atomic E-state index is 12.5. The fourth-order valence-electron chi connectivity index (χ4n) is 2.49. The SMILES string of the molecule is Cc1cccc(OCCN2C(=O)S/C(=C\c3cc(Cl)cc(Cl)c3O)C2=O)c1. The molecule has 27 heavy (non-hydrogen) atoms. The lowest BCUT2D eigenvalue weighted by Gasteiger charge is -2.13. The minimum Gasteiger partial charge on any atom is -0.506 e. The molecule has 0 unspecified atom stereocenters. The predicted molar refractivity (Wildman–Crippen MR) is 107 cm³/mol. The largest absolute Gasteiger partial charge is 0.506 e. The molecule has 0 bridgehead atoms. The number of phenols is 1. The molecule has 140 valence electrons. The predicted octanol–water partition coefficient (Wildman–Crippen LogP) is 5.12. The molecule has 1 heterocycles. The Morgan fingerprint density at radius 3 is 2.74 bits per heavy atom. The first-order chi connectivity index (χ1) is 12.8. The summed E-state index contributed by atoms with van der Waals surface area (Å²) in [6, 6.07) is 10.4. The van der Waals surface area contributed by atoms with Crippen molar-refractivity contribution in [2.24, 2.45) is 0 Å². The number of hydrogen-bond acceptors (Lipinski definition) is 5. The van der Waals surface area contributed by atoms with Gasteiger partial charge < -0.3 is 9.84 Å². The van der Waals surface area contributed by atoms with Crippen LogP contribution in [0.5, 0.6) is 11.5 Å². The van der Waals surface area contributed by atoms with Crippen molar-refractivity contribution < 1.29 is 19.4 Å². The third-order valence-corrected chi connectivity index (χ3v) is 5.20. The lowest BCUT2D eigenvalue weighted by atomic mass is 10.2. The number of hydrogen-bond donors (Lipinski definition) is 1. The second-order valence-corrected chi connectivity index (χ2v) is 7.66. The van der Waals surface area contributed by atoms with Crippen molar-refractivity contribution in [3.8, 4) is 11.5 Å². The number of aromatic hydroxyl groups is 1. The standard InChI is InChI=1S/C19H15Cl2NO4S/c1-11-3-2-4-14(7-11)26-6-5-22-18(24)16(27-19(22)25)9-12-8-13(20)10-15(21)17(12)23/h2-4,7-10,23H,5-6H2,1H3/b16-9-. The number of ether oxygens (including phenoxy) is 1. The number of halogens is 2. The number of imide groups is 1. The van der Waals surface area contributed by atoms with E-state index in [2.05, 4.69) is 0 Å². The molecule has 1 N–H and O–H groups in total. The van der Waals surface area contributed by atoms with Gasteiger partial charge in [0.1, 0.15) is 18.1 Å². The topological polar surface area (TPSA) is 66.8 Å². The van der Waals surface area contributed by atoms with Gasteiger partial charge >= 0.3 is 0 Å². The molecule has 1 aliphatic rings. The summed E-state index contributed by atoms with van der Waals surface area (Å²) in [6.45, 7) is 2.26. The van der Waals surface area contributed by atoms with E-state index in [1.165, 1.54) is 18.2 Å². The lowest BCUT2D eigenvalue weighted by Crippen LogP contribution is -2.32. The number of phenolic OH excluding ortho intramolecular Hbond substituents is 1. The van der Waals surface area contributed by atoms with Crippen molar-refractivity contribution in [3.63, 3.8) is 0 Å². The highest BCUT2D eigenvalue weighted by Crippen LogP contribution is 2.37. The molecule has 2 amide bonds. The Kier molecular flexibility index (Phi) is 5.99. The molecule has 0 aromatic heterocycles. The van der Waals surface area contributed by atoms with Crippen molar-refractivity contribution in [2.45, 2.75) is 6.92 Å². The third kappa shape index (κ3) is 4.58. The van der Waals surface area contributed by atoms with Crippen molar-refractivity contribution in [1.29, 1.82) is 0 Å². The maximum absolute atomic E-state index is 12.5. The monoisotopic (exact) mass is 423 g/mol. The molecule has 0 aliphatic carbocycles. The molecule has 0 radical (unpaired) electrons. The van der Waals surface area contributed by atoms with Gasteiger partial charge in [0.05, 0.1) is 16.5 Å². The number of benzene rings is 2. The summed E-state index contributed by atoms with van der Waals surface area (Å²) in [5, 5.41) is 10.0. The first-order valence-corrected chi connectivity index (χ1v) is 9.55. The van der Waals surface area contributed by atoms with Gasteiger partial charge in [-0.1, -0.05) is 35.3 Å². The third-order valence-electron chi connectivity index (χ3n) is 3.79. The molecule has 8 heteroatoms. The second-order valence-electron chi connectivity index (χ2n) is 5.82. The van der Waals surface area contributed by atoms with E-state index in [4.69, 9.17) is 27.9 Å². The molecule has 1 saturated heterocycles. The number of aryl methyl sites for hydroxylation is 1. The minimum atomic E-state index is -0.451. The summed E-state index contributed by atoms with van der Waals surface area (Å²) in [4.78, 5) is 26.0. The van der Waals surface area contributed by atoms with Gasteiger partial charge in [-0.2, -0.15) is 0 Å². The van der Waals surface area contributed by atoms with Crippen LogP contribution in [0.3, 0.4) is 0 Å². The van der Waals surface area contributed by atoms with E-state index in [1.807, 2.05) is 31.2 Å². The van der Waals surface area contributed by atoms with Gasteiger partial charge in [0.25, 0.3) is 11.1 Å². The number of nitrogens with zero attached hydrogens (tertiary/aromatic N) is 1. The molecule has 2 aromatic carbocycles. The van der Waals surface area contributed by atoms with Crippen molar-refractivity contribution in [2.75, 3.05) is 13.2 Å². The van der Waals surface area contributed by atoms with Gasteiger partial charge in [0.2, 0.25) is 0 Å². The van der Waals surface area contributed by atoms with Crippen LogP contribution in [0.15, 0.2) is 41.3 Å². The van der Waals surface area contributed by atoms with Crippen LogP contribution in [0.1, 0.15) is 11.1 Å². The number of thioether (sulfide) groups is 1. The number of carbonyl (C=O) groups excluding carboxylic acids is 2. The average Bonchev–Trinajstić information content (AvgIpc) is 2.86. The Morgan fingerprint density at radius 2 is 2.00 bits per heavy atom. The van der Waals surface area contributed by atoms with Crippen LogP contribution >= 0.6 is 35.0 Å². The molecule has 3 rings (SSSR count). The van der Waals surface area contributed by atoms with Gasteiger partial charge in [0, 0.05) is 10.6 Å². The normalized spacial score (nSPS) is 15.7. The maximum Gasteiger partial charge on any atom is 0.293 e. The fourth-order valence-corrected chi connectivity index (χ4v) is 3.85. The molecule has 5 nitrogen and oxygen atoms in total. The Balaban J connectivity index is 1.70.